The minimum Gasteiger partial charge on any atom is -0.308 e. The molecule has 0 aromatic carbocycles. The molecule has 0 aliphatic carbocycles. The average molecular weight is 240 g/mol. The average Bonchev–Trinajstić information content (AvgIpc) is 2.30. The molecule has 1 rings (SSSR count). The van der Waals surface area contributed by atoms with Crippen molar-refractivity contribution in [3.63, 3.8) is 0 Å². The number of rotatable bonds is 5. The largest absolute Gasteiger partial charge is 0.308 e. The third-order valence-electron chi connectivity index (χ3n) is 4.72. The monoisotopic (exact) mass is 240 g/mol. The summed E-state index contributed by atoms with van der Waals surface area (Å²) in [5.74, 6) is 0.805. The van der Waals surface area contributed by atoms with Gasteiger partial charge in [-0.05, 0) is 45.6 Å². The van der Waals surface area contributed by atoms with Gasteiger partial charge in [-0.1, -0.05) is 27.7 Å². The first-order valence-corrected chi connectivity index (χ1v) is 7.35. The van der Waals surface area contributed by atoms with Crippen molar-refractivity contribution in [2.75, 3.05) is 19.6 Å². The Balaban J connectivity index is 2.70. The van der Waals surface area contributed by atoms with Gasteiger partial charge in [0, 0.05) is 24.2 Å². The van der Waals surface area contributed by atoms with Crippen molar-refractivity contribution in [3.05, 3.63) is 0 Å². The van der Waals surface area contributed by atoms with E-state index in [1.807, 2.05) is 0 Å². The maximum absolute atomic E-state index is 3.76. The molecular weight excluding hydrogens is 208 g/mol. The summed E-state index contributed by atoms with van der Waals surface area (Å²) in [6.45, 7) is 17.6. The van der Waals surface area contributed by atoms with E-state index in [0.717, 1.165) is 12.5 Å². The molecule has 2 unspecified atom stereocenters. The van der Waals surface area contributed by atoms with Crippen molar-refractivity contribution < 1.29 is 0 Å². The van der Waals surface area contributed by atoms with Crippen LogP contribution in [0.5, 0.6) is 0 Å². The molecule has 102 valence electrons. The molecule has 17 heavy (non-hydrogen) atoms. The Morgan fingerprint density at radius 1 is 1.18 bits per heavy atom. The van der Waals surface area contributed by atoms with Crippen LogP contribution in [0.2, 0.25) is 0 Å². The molecule has 1 N–H and O–H groups in total. The fraction of sp³-hybridized carbons (Fsp3) is 1.00. The SMILES string of the molecule is CCC1(C)CN(CCC(C)C)C(C)(CC)CN1. The summed E-state index contributed by atoms with van der Waals surface area (Å²) >= 11 is 0. The van der Waals surface area contributed by atoms with Gasteiger partial charge in [0.15, 0.2) is 0 Å². The number of hydrogen-bond donors (Lipinski definition) is 1. The molecule has 0 aromatic rings. The number of nitrogens with one attached hydrogen (secondary N) is 1. The molecule has 1 aliphatic heterocycles. The molecule has 1 aliphatic rings. The fourth-order valence-electron chi connectivity index (χ4n) is 2.53. The van der Waals surface area contributed by atoms with Crippen LogP contribution < -0.4 is 5.32 Å². The molecular formula is C15H32N2. The summed E-state index contributed by atoms with van der Waals surface area (Å²) in [6, 6.07) is 0. The van der Waals surface area contributed by atoms with E-state index in [-0.39, 0.29) is 0 Å². The molecule has 0 spiro atoms. The molecule has 0 aromatic heterocycles. The molecule has 0 amide bonds. The Labute approximate surface area is 108 Å². The summed E-state index contributed by atoms with van der Waals surface area (Å²) < 4.78 is 0. The van der Waals surface area contributed by atoms with Crippen molar-refractivity contribution in [2.24, 2.45) is 5.92 Å². The summed E-state index contributed by atoms with van der Waals surface area (Å²) in [6.07, 6.45) is 3.76. The Kier molecular flexibility index (Phi) is 5.03. The van der Waals surface area contributed by atoms with Gasteiger partial charge in [-0.15, -0.1) is 0 Å². The van der Waals surface area contributed by atoms with Crippen LogP contribution in [0.25, 0.3) is 0 Å². The molecule has 0 saturated carbocycles. The second kappa shape index (κ2) is 5.71. The highest BCUT2D eigenvalue weighted by Crippen LogP contribution is 2.28. The highest BCUT2D eigenvalue weighted by molar-refractivity contribution is 5.00. The first-order valence-electron chi connectivity index (χ1n) is 7.35. The molecule has 1 heterocycles. The maximum atomic E-state index is 3.76. The Morgan fingerprint density at radius 3 is 2.29 bits per heavy atom. The minimum absolute atomic E-state index is 0.311. The van der Waals surface area contributed by atoms with Gasteiger partial charge in [0.05, 0.1) is 0 Å². The van der Waals surface area contributed by atoms with E-state index in [2.05, 4.69) is 51.8 Å². The Bertz CT molecular complexity index is 239. The summed E-state index contributed by atoms with van der Waals surface area (Å²) in [5, 5.41) is 3.76. The molecule has 1 fully saturated rings. The zero-order valence-electron chi connectivity index (χ0n) is 12.8. The van der Waals surface area contributed by atoms with E-state index in [0.29, 0.717) is 11.1 Å². The topological polar surface area (TPSA) is 15.3 Å². The summed E-state index contributed by atoms with van der Waals surface area (Å²) in [7, 11) is 0. The molecule has 2 nitrogen and oxygen atoms in total. The lowest BCUT2D eigenvalue weighted by Gasteiger charge is -2.52. The first kappa shape index (κ1) is 15.0. The maximum Gasteiger partial charge on any atom is 0.0304 e. The lowest BCUT2D eigenvalue weighted by atomic mass is 9.85. The van der Waals surface area contributed by atoms with Gasteiger partial charge in [-0.3, -0.25) is 4.90 Å². The predicted molar refractivity (Wildman–Crippen MR) is 76.4 cm³/mol. The van der Waals surface area contributed by atoms with Gasteiger partial charge >= 0.3 is 0 Å². The third kappa shape index (κ3) is 3.69. The van der Waals surface area contributed by atoms with Crippen molar-refractivity contribution in [3.8, 4) is 0 Å². The predicted octanol–water partition coefficient (Wildman–Crippen LogP) is 3.28. The zero-order valence-corrected chi connectivity index (χ0v) is 12.8. The van der Waals surface area contributed by atoms with Crippen molar-refractivity contribution in [1.82, 2.24) is 10.2 Å². The van der Waals surface area contributed by atoms with Gasteiger partial charge in [-0.25, -0.2) is 0 Å². The molecule has 1 saturated heterocycles. The van der Waals surface area contributed by atoms with Gasteiger partial charge in [0.1, 0.15) is 0 Å². The van der Waals surface area contributed by atoms with Crippen LogP contribution in [0, 0.1) is 5.92 Å². The lowest BCUT2D eigenvalue weighted by molar-refractivity contribution is 0.0140. The number of piperazine rings is 1. The second-order valence-corrected chi connectivity index (χ2v) is 6.72. The van der Waals surface area contributed by atoms with Crippen LogP contribution in [-0.2, 0) is 0 Å². The molecule has 0 radical (unpaired) electrons. The molecule has 0 bridgehead atoms. The molecule has 2 heteroatoms. The van der Waals surface area contributed by atoms with E-state index < -0.39 is 0 Å². The first-order chi connectivity index (χ1) is 7.85. The lowest BCUT2D eigenvalue weighted by Crippen LogP contribution is -2.67. The van der Waals surface area contributed by atoms with Crippen LogP contribution in [-0.4, -0.2) is 35.6 Å². The van der Waals surface area contributed by atoms with Crippen molar-refractivity contribution in [2.45, 2.75) is 71.9 Å². The normalized spacial score (nSPS) is 35.5. The summed E-state index contributed by atoms with van der Waals surface area (Å²) in [5.41, 5.74) is 0.662. The standard InChI is InChI=1S/C15H32N2/c1-7-14(5)12-17(10-9-13(3)4)15(6,8-2)11-16-14/h13,16H,7-12H2,1-6H3. The van der Waals surface area contributed by atoms with Crippen molar-refractivity contribution >= 4 is 0 Å². The zero-order chi connectivity index (χ0) is 13.1. The van der Waals surface area contributed by atoms with Crippen LogP contribution in [0.3, 0.4) is 0 Å². The fourth-order valence-corrected chi connectivity index (χ4v) is 2.53. The Morgan fingerprint density at radius 2 is 1.82 bits per heavy atom. The van der Waals surface area contributed by atoms with Crippen LogP contribution in [0.1, 0.15) is 60.8 Å². The third-order valence-corrected chi connectivity index (χ3v) is 4.72. The smallest absolute Gasteiger partial charge is 0.0304 e. The van der Waals surface area contributed by atoms with Gasteiger partial charge in [0.2, 0.25) is 0 Å². The summed E-state index contributed by atoms with van der Waals surface area (Å²) in [4.78, 5) is 2.73. The van der Waals surface area contributed by atoms with Crippen molar-refractivity contribution in [1.29, 1.82) is 0 Å². The van der Waals surface area contributed by atoms with Crippen LogP contribution in [0.15, 0.2) is 0 Å². The van der Waals surface area contributed by atoms with Crippen LogP contribution >= 0.6 is 0 Å². The van der Waals surface area contributed by atoms with Gasteiger partial charge < -0.3 is 5.32 Å². The van der Waals surface area contributed by atoms with E-state index >= 15 is 0 Å². The van der Waals surface area contributed by atoms with E-state index in [4.69, 9.17) is 0 Å². The highest BCUT2D eigenvalue weighted by atomic mass is 15.3. The van der Waals surface area contributed by atoms with E-state index in [1.165, 1.54) is 32.4 Å². The highest BCUT2D eigenvalue weighted by Gasteiger charge is 2.40. The van der Waals surface area contributed by atoms with Crippen LogP contribution in [0.4, 0.5) is 0 Å². The quantitative estimate of drug-likeness (QED) is 0.793. The number of nitrogens with zero attached hydrogens (tertiary/aromatic N) is 1. The molecule has 2 atom stereocenters. The van der Waals surface area contributed by atoms with E-state index in [1.54, 1.807) is 0 Å². The van der Waals surface area contributed by atoms with Gasteiger partial charge in [-0.2, -0.15) is 0 Å². The second-order valence-electron chi connectivity index (χ2n) is 6.72. The number of hydrogen-bond acceptors (Lipinski definition) is 2. The van der Waals surface area contributed by atoms with Gasteiger partial charge in [0.25, 0.3) is 0 Å². The minimum atomic E-state index is 0.311. The Hall–Kier alpha value is -0.0800. The van der Waals surface area contributed by atoms with E-state index in [9.17, 15) is 0 Å².